The third-order valence-electron chi connectivity index (χ3n) is 4.59. The number of carbonyl (C=O) groups excluding carboxylic acids is 1. The van der Waals surface area contributed by atoms with Gasteiger partial charge in [-0.25, -0.2) is 9.67 Å². The average Bonchev–Trinajstić information content (AvgIpc) is 2.94. The molecule has 1 aliphatic heterocycles. The minimum absolute atomic E-state index is 0.0452. The van der Waals surface area contributed by atoms with E-state index in [1.54, 1.807) is 0 Å². The number of hydrogen-bond donors (Lipinski definition) is 1. The Hall–Kier alpha value is -1.99. The lowest BCUT2D eigenvalue weighted by Crippen LogP contribution is -2.38. The number of nitrogens with one attached hydrogen (secondary N) is 1. The van der Waals surface area contributed by atoms with Gasteiger partial charge in [0, 0.05) is 31.9 Å². The maximum atomic E-state index is 12.7. The van der Waals surface area contributed by atoms with Crippen LogP contribution in [0.15, 0.2) is 6.07 Å². The van der Waals surface area contributed by atoms with Gasteiger partial charge in [0.05, 0.1) is 29.9 Å². The van der Waals surface area contributed by atoms with E-state index >= 15 is 0 Å². The van der Waals surface area contributed by atoms with Crippen LogP contribution in [0.1, 0.15) is 35.1 Å². The number of nitrogens with zero attached hydrogens (tertiary/aromatic N) is 4. The van der Waals surface area contributed by atoms with Crippen molar-refractivity contribution in [3.05, 3.63) is 23.0 Å². The van der Waals surface area contributed by atoms with Crippen molar-refractivity contribution in [3.63, 3.8) is 0 Å². The van der Waals surface area contributed by atoms with Crippen molar-refractivity contribution in [2.45, 2.75) is 33.7 Å². The van der Waals surface area contributed by atoms with Gasteiger partial charge in [0.1, 0.15) is 0 Å². The summed E-state index contributed by atoms with van der Waals surface area (Å²) in [7, 11) is 0. The number of amides is 1. The molecule has 1 saturated heterocycles. The largest absolute Gasteiger partial charge is 0.379 e. The monoisotopic (exact) mass is 345 g/mol. The maximum Gasteiger partial charge on any atom is 0.252 e. The first-order valence-electron chi connectivity index (χ1n) is 9.03. The van der Waals surface area contributed by atoms with E-state index in [0.717, 1.165) is 68.2 Å². The van der Waals surface area contributed by atoms with Crippen molar-refractivity contribution in [1.29, 1.82) is 0 Å². The van der Waals surface area contributed by atoms with Crippen LogP contribution < -0.4 is 5.32 Å². The zero-order chi connectivity index (χ0) is 17.8. The molecule has 0 radical (unpaired) electrons. The molecule has 2 aromatic rings. The molecule has 7 nitrogen and oxygen atoms in total. The molecule has 0 atom stereocenters. The van der Waals surface area contributed by atoms with E-state index in [1.165, 1.54) is 0 Å². The second-order valence-electron chi connectivity index (χ2n) is 6.47. The number of fused-ring (bicyclic) bond motifs is 1. The third kappa shape index (κ3) is 3.99. The highest BCUT2D eigenvalue weighted by molar-refractivity contribution is 6.06. The summed E-state index contributed by atoms with van der Waals surface area (Å²) in [4.78, 5) is 19.6. The summed E-state index contributed by atoms with van der Waals surface area (Å²) in [5.41, 5.74) is 3.15. The Morgan fingerprint density at radius 3 is 2.80 bits per heavy atom. The van der Waals surface area contributed by atoms with Crippen LogP contribution in [0.3, 0.4) is 0 Å². The Morgan fingerprint density at radius 1 is 1.32 bits per heavy atom. The van der Waals surface area contributed by atoms with Crippen molar-refractivity contribution >= 4 is 16.9 Å². The molecule has 1 amide bonds. The topological polar surface area (TPSA) is 72.3 Å². The molecule has 1 N–H and O–H groups in total. The summed E-state index contributed by atoms with van der Waals surface area (Å²) in [6.45, 7) is 11.8. The van der Waals surface area contributed by atoms with Gasteiger partial charge in [-0.1, -0.05) is 0 Å². The molecule has 1 fully saturated rings. The Morgan fingerprint density at radius 2 is 2.08 bits per heavy atom. The van der Waals surface area contributed by atoms with Crippen molar-refractivity contribution in [2.75, 3.05) is 39.4 Å². The molecule has 0 saturated carbocycles. The molecule has 2 aromatic heterocycles. The van der Waals surface area contributed by atoms with Gasteiger partial charge in [-0.2, -0.15) is 5.10 Å². The zero-order valence-electron chi connectivity index (χ0n) is 15.3. The van der Waals surface area contributed by atoms with Gasteiger partial charge in [-0.05, 0) is 39.8 Å². The van der Waals surface area contributed by atoms with Gasteiger partial charge in [0.15, 0.2) is 5.65 Å². The fraction of sp³-hybridized carbons (Fsp3) is 0.611. The third-order valence-corrected chi connectivity index (χ3v) is 4.59. The van der Waals surface area contributed by atoms with E-state index in [0.29, 0.717) is 12.1 Å². The second-order valence-corrected chi connectivity index (χ2v) is 6.47. The van der Waals surface area contributed by atoms with Gasteiger partial charge < -0.3 is 10.1 Å². The summed E-state index contributed by atoms with van der Waals surface area (Å²) < 4.78 is 7.21. The van der Waals surface area contributed by atoms with Crippen molar-refractivity contribution in [2.24, 2.45) is 0 Å². The van der Waals surface area contributed by atoms with Crippen LogP contribution >= 0.6 is 0 Å². The maximum absolute atomic E-state index is 12.7. The smallest absolute Gasteiger partial charge is 0.252 e. The number of aryl methyl sites for hydroxylation is 3. The Balaban J connectivity index is 1.66. The number of morpholine rings is 1. The van der Waals surface area contributed by atoms with E-state index in [4.69, 9.17) is 4.74 Å². The molecular weight excluding hydrogens is 318 g/mol. The predicted molar refractivity (Wildman–Crippen MR) is 96.9 cm³/mol. The zero-order valence-corrected chi connectivity index (χ0v) is 15.3. The average molecular weight is 345 g/mol. The number of aromatic nitrogens is 3. The molecular formula is C18H27N5O2. The fourth-order valence-corrected chi connectivity index (χ4v) is 3.30. The standard InChI is InChI=1S/C18H27N5O2/c1-4-23-17-16(14(3)21-23)15(12-13(2)20-17)18(24)19-6-5-7-22-8-10-25-11-9-22/h12H,4-11H2,1-3H3,(H,19,24). The lowest BCUT2D eigenvalue weighted by atomic mass is 10.1. The van der Waals surface area contributed by atoms with Gasteiger partial charge in [-0.3, -0.25) is 9.69 Å². The van der Waals surface area contributed by atoms with Gasteiger partial charge in [0.25, 0.3) is 5.91 Å². The highest BCUT2D eigenvalue weighted by Gasteiger charge is 2.18. The summed E-state index contributed by atoms with van der Waals surface area (Å²) >= 11 is 0. The quantitative estimate of drug-likeness (QED) is 0.804. The van der Waals surface area contributed by atoms with Crippen molar-refractivity contribution in [3.8, 4) is 0 Å². The van der Waals surface area contributed by atoms with Gasteiger partial charge in [0.2, 0.25) is 0 Å². The van der Waals surface area contributed by atoms with Crippen LogP contribution in [0.5, 0.6) is 0 Å². The summed E-state index contributed by atoms with van der Waals surface area (Å²) in [5, 5.41) is 8.42. The lowest BCUT2D eigenvalue weighted by molar-refractivity contribution is 0.0374. The number of pyridine rings is 1. The molecule has 0 unspecified atom stereocenters. The minimum atomic E-state index is -0.0452. The minimum Gasteiger partial charge on any atom is -0.379 e. The van der Waals surface area contributed by atoms with E-state index in [1.807, 2.05) is 31.5 Å². The van der Waals surface area contributed by atoms with Crippen LogP contribution in [0.2, 0.25) is 0 Å². The van der Waals surface area contributed by atoms with Crippen molar-refractivity contribution in [1.82, 2.24) is 25.0 Å². The van der Waals surface area contributed by atoms with E-state index < -0.39 is 0 Å². The SMILES string of the molecule is CCn1nc(C)c2c(C(=O)NCCCN3CCOCC3)cc(C)nc21. The normalized spacial score (nSPS) is 15.6. The molecule has 0 aromatic carbocycles. The van der Waals surface area contributed by atoms with Gasteiger partial charge >= 0.3 is 0 Å². The fourth-order valence-electron chi connectivity index (χ4n) is 3.30. The molecule has 1 aliphatic rings. The van der Waals surface area contributed by atoms with Crippen LogP contribution in [0.4, 0.5) is 0 Å². The van der Waals surface area contributed by atoms with Crippen molar-refractivity contribution < 1.29 is 9.53 Å². The van der Waals surface area contributed by atoms with Crippen LogP contribution in [-0.2, 0) is 11.3 Å². The summed E-state index contributed by atoms with van der Waals surface area (Å²) in [5.74, 6) is -0.0452. The number of carbonyl (C=O) groups is 1. The summed E-state index contributed by atoms with van der Waals surface area (Å²) in [6.07, 6.45) is 0.937. The van der Waals surface area contributed by atoms with Crippen LogP contribution in [0.25, 0.3) is 11.0 Å². The van der Waals surface area contributed by atoms with Crippen LogP contribution in [-0.4, -0.2) is 65.0 Å². The molecule has 0 bridgehead atoms. The molecule has 25 heavy (non-hydrogen) atoms. The van der Waals surface area contributed by atoms with E-state index in [2.05, 4.69) is 20.3 Å². The molecule has 7 heteroatoms. The molecule has 136 valence electrons. The van der Waals surface area contributed by atoms with E-state index in [-0.39, 0.29) is 5.91 Å². The molecule has 0 aliphatic carbocycles. The molecule has 3 heterocycles. The second kappa shape index (κ2) is 7.93. The Bertz CT molecular complexity index is 749. The molecule has 3 rings (SSSR count). The van der Waals surface area contributed by atoms with Crippen LogP contribution in [0, 0.1) is 13.8 Å². The van der Waals surface area contributed by atoms with E-state index in [9.17, 15) is 4.79 Å². The first-order chi connectivity index (χ1) is 12.1. The predicted octanol–water partition coefficient (Wildman–Crippen LogP) is 1.52. The summed E-state index contributed by atoms with van der Waals surface area (Å²) in [6, 6.07) is 1.86. The highest BCUT2D eigenvalue weighted by atomic mass is 16.5. The lowest BCUT2D eigenvalue weighted by Gasteiger charge is -2.26. The number of hydrogen-bond acceptors (Lipinski definition) is 5. The van der Waals surface area contributed by atoms with Gasteiger partial charge in [-0.15, -0.1) is 0 Å². The highest BCUT2D eigenvalue weighted by Crippen LogP contribution is 2.22. The first kappa shape index (κ1) is 17.8. The number of rotatable bonds is 6. The molecule has 0 spiro atoms. The Labute approximate surface area is 148 Å². The number of ether oxygens (including phenoxy) is 1. The Kier molecular flexibility index (Phi) is 5.65. The first-order valence-corrected chi connectivity index (χ1v) is 9.03.